The third-order valence-electron chi connectivity index (χ3n) is 6.26. The van der Waals surface area contributed by atoms with Crippen molar-refractivity contribution >= 4 is 31.7 Å². The van der Waals surface area contributed by atoms with Crippen LogP contribution < -0.4 is 3.80 Å². The molecule has 1 N–H and O–H groups in total. The first kappa shape index (κ1) is 24.4. The van der Waals surface area contributed by atoms with Crippen molar-refractivity contribution in [1.82, 2.24) is 3.80 Å². The summed E-state index contributed by atoms with van der Waals surface area (Å²) in [6.45, 7) is 13.4. The van der Waals surface area contributed by atoms with Crippen molar-refractivity contribution in [3.05, 3.63) is 59.7 Å². The molecule has 0 spiro atoms. The van der Waals surface area contributed by atoms with Crippen LogP contribution in [0.5, 0.6) is 0 Å². The Labute approximate surface area is 187 Å². The fourth-order valence-electron chi connectivity index (χ4n) is 5.70. The zero-order valence-electron chi connectivity index (χ0n) is 19.5. The van der Waals surface area contributed by atoms with Crippen molar-refractivity contribution in [1.29, 1.82) is 0 Å². The minimum absolute atomic E-state index is 0.233. The fraction of sp³-hybridized carbons (Fsp3) is 0.458. The molecule has 0 aliphatic heterocycles. The second-order valence-corrected chi connectivity index (χ2v) is 44.2. The van der Waals surface area contributed by atoms with Gasteiger partial charge in [0, 0.05) is 0 Å². The summed E-state index contributed by atoms with van der Waals surface area (Å²) in [5, 5.41) is 2.05. The topological polar surface area (TPSA) is 21.3 Å². The molecule has 6 heteroatoms. The van der Waals surface area contributed by atoms with Gasteiger partial charge in [0.2, 0.25) is 0 Å². The number of hydrogen-bond donors (Lipinski definition) is 1. The van der Waals surface area contributed by atoms with Gasteiger partial charge in [-0.05, 0) is 0 Å². The monoisotopic (exact) mass is 501 g/mol. The Morgan fingerprint density at radius 3 is 1.80 bits per heavy atom. The van der Waals surface area contributed by atoms with E-state index in [1.54, 1.807) is 0 Å². The van der Waals surface area contributed by atoms with Crippen molar-refractivity contribution < 1.29 is 14.8 Å². The van der Waals surface area contributed by atoms with Crippen molar-refractivity contribution in [3.8, 4) is 11.1 Å². The average molecular weight is 502 g/mol. The van der Waals surface area contributed by atoms with E-state index in [1.165, 1.54) is 11.1 Å². The first-order chi connectivity index (χ1) is 13.3. The maximum atomic E-state index is 8.04. The van der Waals surface area contributed by atoms with E-state index in [0.717, 1.165) is 11.1 Å². The Bertz CT molecular complexity index is 1070. The van der Waals surface area contributed by atoms with Gasteiger partial charge in [-0.1, -0.05) is 0 Å². The molecule has 2 nitrogen and oxygen atoms in total. The van der Waals surface area contributed by atoms with E-state index in [0.29, 0.717) is 11.3 Å². The summed E-state index contributed by atoms with van der Waals surface area (Å²) < 4.78 is 10.4. The molecule has 0 saturated carbocycles. The van der Waals surface area contributed by atoms with E-state index < -0.39 is 18.7 Å². The first-order valence-electron chi connectivity index (χ1n) is 10.8. The molecular formula is C24H37Cl2NOSiTi. The van der Waals surface area contributed by atoms with Gasteiger partial charge >= 0.3 is 188 Å². The molecule has 2 aromatic rings. The Hall–Kier alpha value is -0.259. The number of hydrogen-bond acceptors (Lipinski definition) is 2. The molecule has 3 rings (SSSR count). The van der Waals surface area contributed by atoms with Crippen molar-refractivity contribution in [3.63, 3.8) is 0 Å². The van der Waals surface area contributed by atoms with E-state index in [1.807, 2.05) is 5.23 Å². The zero-order valence-corrected chi connectivity index (χ0v) is 23.6. The SMILES string of the molecule is [CH2]=[Ti]([CH3])([Cl])([Cl])([CH2]CO[Si](C)(C)C)([NH]C(C)(C)C)[CH]1c2ccccc2-c2ccccc21. The van der Waals surface area contributed by atoms with Gasteiger partial charge in [-0.3, -0.25) is 0 Å². The zero-order chi connectivity index (χ0) is 22.7. The molecule has 2 aromatic carbocycles. The van der Waals surface area contributed by atoms with E-state index in [9.17, 15) is 0 Å². The van der Waals surface area contributed by atoms with Crippen LogP contribution in [0.15, 0.2) is 48.5 Å². The standard InChI is InChI=1S/C13H9.C5H13OSi.C4H10N.CH3.CH2.2ClH.Ti/c1-3-7-12-10(5-1)9-11-6-2-4-8-13(11)12;1-5-6-7(2,3)4;1-4(2,3)5;;;;;/h1-9H;1,5H2,2-4H3;5H,1-3H3;1H3;1H2;2*1H;/q;;-1;;;;;+3/p-2. The molecule has 0 heterocycles. The number of benzene rings is 2. The van der Waals surface area contributed by atoms with E-state index in [2.05, 4.69) is 92.7 Å². The van der Waals surface area contributed by atoms with E-state index in [4.69, 9.17) is 27.9 Å². The van der Waals surface area contributed by atoms with Gasteiger partial charge in [-0.25, -0.2) is 0 Å². The van der Waals surface area contributed by atoms with Crippen LogP contribution in [0.2, 0.25) is 29.6 Å². The third kappa shape index (κ3) is 4.59. The van der Waals surface area contributed by atoms with Gasteiger partial charge in [0.15, 0.2) is 0 Å². The summed E-state index contributed by atoms with van der Waals surface area (Å²) in [4.78, 5) is 4.88. The van der Waals surface area contributed by atoms with Crippen LogP contribution in [0.25, 0.3) is 11.1 Å². The second-order valence-electron chi connectivity index (χ2n) is 12.5. The van der Waals surface area contributed by atoms with Gasteiger partial charge < -0.3 is 0 Å². The first-order valence-corrected chi connectivity index (χ1v) is 24.0. The van der Waals surface area contributed by atoms with Gasteiger partial charge in [0.05, 0.1) is 0 Å². The quantitative estimate of drug-likeness (QED) is 0.406. The Morgan fingerprint density at radius 2 is 1.40 bits per heavy atom. The summed E-state index contributed by atoms with van der Waals surface area (Å²) in [7, 11) is 8.49. The summed E-state index contributed by atoms with van der Waals surface area (Å²) in [5.41, 5.74) is 4.36. The van der Waals surface area contributed by atoms with Crippen LogP contribution in [0.3, 0.4) is 0 Å². The van der Waals surface area contributed by atoms with Gasteiger partial charge in [0.25, 0.3) is 0 Å². The van der Waals surface area contributed by atoms with Crippen molar-refractivity contribution in [2.24, 2.45) is 0 Å². The molecule has 0 radical (unpaired) electrons. The van der Waals surface area contributed by atoms with Gasteiger partial charge in [0.1, 0.15) is 0 Å². The van der Waals surface area contributed by atoms with E-state index in [-0.39, 0.29) is 9.76 Å². The Morgan fingerprint density at radius 1 is 0.967 bits per heavy atom. The molecule has 0 atom stereocenters. The molecule has 166 valence electrons. The molecule has 0 saturated heterocycles. The molecule has 0 fully saturated rings. The predicted molar refractivity (Wildman–Crippen MR) is 135 cm³/mol. The Balaban J connectivity index is 2.33. The van der Waals surface area contributed by atoms with Crippen LogP contribution in [0.4, 0.5) is 0 Å². The Kier molecular flexibility index (Phi) is 5.04. The molecule has 0 amide bonds. The van der Waals surface area contributed by atoms with E-state index >= 15 is 0 Å². The van der Waals surface area contributed by atoms with Gasteiger partial charge in [-0.2, -0.15) is 0 Å². The predicted octanol–water partition coefficient (Wildman–Crippen LogP) is 7.88. The molecule has 0 aromatic heterocycles. The molecule has 1 aliphatic carbocycles. The summed E-state index contributed by atoms with van der Waals surface area (Å²) in [5.74, 6) is 0. The number of fused-ring (bicyclic) bond motifs is 3. The molecule has 30 heavy (non-hydrogen) atoms. The fourth-order valence-corrected chi connectivity index (χ4v) is 22.5. The molecule has 1 aliphatic rings. The number of halogens is 2. The van der Waals surface area contributed by atoms with Crippen LogP contribution in [0.1, 0.15) is 36.1 Å². The minimum atomic E-state index is -5.84. The van der Waals surface area contributed by atoms with Crippen molar-refractivity contribution in [2.75, 3.05) is 6.61 Å². The normalized spacial score (nSPS) is 18.6. The van der Waals surface area contributed by atoms with Crippen LogP contribution in [-0.4, -0.2) is 25.3 Å². The summed E-state index contributed by atoms with van der Waals surface area (Å²) >= 11 is 0. The molecule has 0 unspecified atom stereocenters. The average Bonchev–Trinajstić information content (AvgIpc) is 2.86. The number of rotatable bonds is 6. The molecule has 0 bridgehead atoms. The third-order valence-corrected chi connectivity index (χ3v) is 21.5. The second kappa shape index (κ2) is 6.20. The van der Waals surface area contributed by atoms with Crippen LogP contribution in [0, 0.1) is 0 Å². The van der Waals surface area contributed by atoms with Gasteiger partial charge in [-0.15, -0.1) is 0 Å². The maximum absolute atomic E-state index is 8.04. The van der Waals surface area contributed by atoms with Crippen molar-refractivity contribution in [2.45, 2.75) is 60.1 Å². The summed E-state index contributed by atoms with van der Waals surface area (Å²) in [6, 6.07) is 16.9. The number of nitrogens with one attached hydrogen (secondary N) is 1. The summed E-state index contributed by atoms with van der Waals surface area (Å²) in [6.07, 6.45) is 0. The molecular weight excluding hydrogens is 465 g/mol. The van der Waals surface area contributed by atoms with Crippen LogP contribution in [-0.2, 0) is 14.8 Å². The van der Waals surface area contributed by atoms with Crippen LogP contribution >= 0.6 is 18.6 Å².